The third-order valence-corrected chi connectivity index (χ3v) is 5.88. The van der Waals surface area contributed by atoms with E-state index in [1.54, 1.807) is 0 Å². The van der Waals surface area contributed by atoms with Crippen LogP contribution in [-0.2, 0) is 0 Å². The molecule has 2 aromatic carbocycles. The second-order valence-electron chi connectivity index (χ2n) is 8.42. The fourth-order valence-electron chi connectivity index (χ4n) is 4.02. The van der Waals surface area contributed by atoms with Crippen molar-refractivity contribution in [3.05, 3.63) is 71.8 Å². The molecule has 0 amide bonds. The molecule has 0 bridgehead atoms. The van der Waals surface area contributed by atoms with Gasteiger partial charge in [-0.25, -0.2) is 0 Å². The minimum Gasteiger partial charge on any atom is -0.356 e. The van der Waals surface area contributed by atoms with Crippen molar-refractivity contribution in [1.82, 2.24) is 20.4 Å². The van der Waals surface area contributed by atoms with Crippen LogP contribution in [-0.4, -0.2) is 75.7 Å². The quantitative estimate of drug-likeness (QED) is 0.522. The summed E-state index contributed by atoms with van der Waals surface area (Å²) in [4.78, 5) is 9.43. The molecule has 1 unspecified atom stereocenters. The van der Waals surface area contributed by atoms with Gasteiger partial charge in [0.15, 0.2) is 5.96 Å². The van der Waals surface area contributed by atoms with Gasteiger partial charge in [0.05, 0.1) is 0 Å². The average molecular weight is 408 g/mol. The van der Waals surface area contributed by atoms with Gasteiger partial charge < -0.3 is 20.4 Å². The fourth-order valence-corrected chi connectivity index (χ4v) is 4.02. The number of hydrogen-bond donors (Lipinski definition) is 2. The van der Waals surface area contributed by atoms with E-state index in [4.69, 9.17) is 0 Å². The number of hydrogen-bond acceptors (Lipinski definition) is 3. The molecule has 30 heavy (non-hydrogen) atoms. The van der Waals surface area contributed by atoms with E-state index in [9.17, 15) is 0 Å². The highest BCUT2D eigenvalue weighted by Gasteiger charge is 2.17. The molecular formula is C25H37N5. The second kappa shape index (κ2) is 11.7. The van der Waals surface area contributed by atoms with Gasteiger partial charge in [0.1, 0.15) is 0 Å². The normalized spacial score (nSPS) is 17.1. The van der Waals surface area contributed by atoms with Crippen LogP contribution < -0.4 is 10.6 Å². The number of aliphatic imine (C=N–C) groups is 1. The topological polar surface area (TPSA) is 42.9 Å². The number of nitrogens with one attached hydrogen (secondary N) is 2. The smallest absolute Gasteiger partial charge is 0.191 e. The minimum atomic E-state index is 0.286. The Labute approximate surface area is 182 Å². The zero-order chi connectivity index (χ0) is 21.2. The van der Waals surface area contributed by atoms with Gasteiger partial charge in [-0.05, 0) is 24.1 Å². The van der Waals surface area contributed by atoms with Crippen molar-refractivity contribution < 1.29 is 0 Å². The highest BCUT2D eigenvalue weighted by molar-refractivity contribution is 5.79. The standard InChI is InChI=1S/C25H37N5/c1-21(20-30-16-14-29(3)15-17-30)18-27-25(26-2)28-19-24(22-10-6-4-7-11-22)23-12-8-5-9-13-23/h4-13,21,24H,14-20H2,1-3H3,(H2,26,27,28). The maximum Gasteiger partial charge on any atom is 0.191 e. The molecule has 1 heterocycles. The molecule has 2 N–H and O–H groups in total. The summed E-state index contributed by atoms with van der Waals surface area (Å²) in [6, 6.07) is 21.4. The van der Waals surface area contributed by atoms with Gasteiger partial charge in [-0.1, -0.05) is 67.6 Å². The number of guanidine groups is 1. The van der Waals surface area contributed by atoms with Gasteiger partial charge in [0, 0.05) is 58.8 Å². The van der Waals surface area contributed by atoms with Crippen molar-refractivity contribution in [2.45, 2.75) is 12.8 Å². The summed E-state index contributed by atoms with van der Waals surface area (Å²) in [6.45, 7) is 9.86. The third-order valence-electron chi connectivity index (χ3n) is 5.88. The molecule has 162 valence electrons. The molecule has 0 aliphatic carbocycles. The molecule has 0 saturated carbocycles. The van der Waals surface area contributed by atoms with Crippen LogP contribution in [0.25, 0.3) is 0 Å². The fraction of sp³-hybridized carbons (Fsp3) is 0.480. The van der Waals surface area contributed by atoms with E-state index in [1.165, 1.54) is 37.3 Å². The summed E-state index contributed by atoms with van der Waals surface area (Å²) in [7, 11) is 4.05. The third kappa shape index (κ3) is 6.85. The lowest BCUT2D eigenvalue weighted by molar-refractivity contribution is 0.139. The van der Waals surface area contributed by atoms with E-state index >= 15 is 0 Å². The summed E-state index contributed by atoms with van der Waals surface area (Å²) in [6.07, 6.45) is 0. The van der Waals surface area contributed by atoms with Crippen LogP contribution >= 0.6 is 0 Å². The van der Waals surface area contributed by atoms with Crippen LogP contribution in [0.15, 0.2) is 65.7 Å². The van der Waals surface area contributed by atoms with Crippen LogP contribution in [0.1, 0.15) is 24.0 Å². The highest BCUT2D eigenvalue weighted by atomic mass is 15.2. The first-order valence-electron chi connectivity index (χ1n) is 11.1. The van der Waals surface area contributed by atoms with Crippen LogP contribution in [0, 0.1) is 5.92 Å². The Morgan fingerprint density at radius 1 is 0.867 bits per heavy atom. The molecule has 0 spiro atoms. The predicted octanol–water partition coefficient (Wildman–Crippen LogP) is 2.87. The van der Waals surface area contributed by atoms with Crippen molar-refractivity contribution in [3.63, 3.8) is 0 Å². The number of rotatable bonds is 8. The van der Waals surface area contributed by atoms with Crippen molar-refractivity contribution in [2.24, 2.45) is 10.9 Å². The Morgan fingerprint density at radius 3 is 1.93 bits per heavy atom. The summed E-state index contributed by atoms with van der Waals surface area (Å²) in [5.41, 5.74) is 2.63. The molecule has 5 nitrogen and oxygen atoms in total. The first-order chi connectivity index (χ1) is 14.7. The van der Waals surface area contributed by atoms with Gasteiger partial charge in [-0.2, -0.15) is 0 Å². The molecule has 1 aliphatic rings. The zero-order valence-electron chi connectivity index (χ0n) is 18.7. The first kappa shape index (κ1) is 22.3. The van der Waals surface area contributed by atoms with Gasteiger partial charge >= 0.3 is 0 Å². The van der Waals surface area contributed by atoms with Crippen LogP contribution in [0.3, 0.4) is 0 Å². The molecule has 2 aromatic rings. The molecular weight excluding hydrogens is 370 g/mol. The Balaban J connectivity index is 1.51. The van der Waals surface area contributed by atoms with Crippen LogP contribution in [0.5, 0.6) is 0 Å². The lowest BCUT2D eigenvalue weighted by atomic mass is 9.91. The van der Waals surface area contributed by atoms with E-state index in [0.717, 1.165) is 25.6 Å². The van der Waals surface area contributed by atoms with Crippen LogP contribution in [0.2, 0.25) is 0 Å². The van der Waals surface area contributed by atoms with Crippen LogP contribution in [0.4, 0.5) is 0 Å². The average Bonchev–Trinajstić information content (AvgIpc) is 2.79. The van der Waals surface area contributed by atoms with E-state index in [1.807, 2.05) is 7.05 Å². The summed E-state index contributed by atoms with van der Waals surface area (Å²) in [5.74, 6) is 1.73. The molecule has 1 atom stereocenters. The lowest BCUT2D eigenvalue weighted by Gasteiger charge is -2.34. The molecule has 1 fully saturated rings. The molecule has 0 aromatic heterocycles. The van der Waals surface area contributed by atoms with Gasteiger partial charge in [0.25, 0.3) is 0 Å². The molecule has 3 rings (SSSR count). The second-order valence-corrected chi connectivity index (χ2v) is 8.42. The Hall–Kier alpha value is -2.37. The Kier molecular flexibility index (Phi) is 8.72. The molecule has 5 heteroatoms. The maximum atomic E-state index is 4.45. The van der Waals surface area contributed by atoms with Gasteiger partial charge in [-0.15, -0.1) is 0 Å². The minimum absolute atomic E-state index is 0.286. The number of piperazine rings is 1. The number of nitrogens with zero attached hydrogens (tertiary/aromatic N) is 3. The van der Waals surface area contributed by atoms with Gasteiger partial charge in [-0.3, -0.25) is 4.99 Å². The largest absolute Gasteiger partial charge is 0.356 e. The highest BCUT2D eigenvalue weighted by Crippen LogP contribution is 2.23. The Bertz CT molecular complexity index is 714. The van der Waals surface area contributed by atoms with Crippen molar-refractivity contribution in [1.29, 1.82) is 0 Å². The van der Waals surface area contributed by atoms with Gasteiger partial charge in [0.2, 0.25) is 0 Å². The molecule has 0 radical (unpaired) electrons. The predicted molar refractivity (Wildman–Crippen MR) is 127 cm³/mol. The zero-order valence-corrected chi connectivity index (χ0v) is 18.7. The first-order valence-corrected chi connectivity index (χ1v) is 11.1. The molecule has 1 saturated heterocycles. The SMILES string of the molecule is CN=C(NCC(C)CN1CCN(C)CC1)NCC(c1ccccc1)c1ccccc1. The summed E-state index contributed by atoms with van der Waals surface area (Å²) >= 11 is 0. The maximum absolute atomic E-state index is 4.45. The summed E-state index contributed by atoms with van der Waals surface area (Å²) < 4.78 is 0. The van der Waals surface area contributed by atoms with E-state index in [0.29, 0.717) is 5.92 Å². The van der Waals surface area contributed by atoms with Crippen molar-refractivity contribution >= 4 is 5.96 Å². The number of benzene rings is 2. The lowest BCUT2D eigenvalue weighted by Crippen LogP contribution is -2.47. The molecule has 1 aliphatic heterocycles. The Morgan fingerprint density at radius 2 is 1.40 bits per heavy atom. The monoisotopic (exact) mass is 407 g/mol. The van der Waals surface area contributed by atoms with E-state index in [-0.39, 0.29) is 5.92 Å². The number of likely N-dealkylation sites (N-methyl/N-ethyl adjacent to an activating group) is 1. The van der Waals surface area contributed by atoms with Crippen molar-refractivity contribution in [2.75, 3.05) is 59.9 Å². The van der Waals surface area contributed by atoms with E-state index in [2.05, 4.69) is 100 Å². The van der Waals surface area contributed by atoms with Crippen molar-refractivity contribution in [3.8, 4) is 0 Å². The summed E-state index contributed by atoms with van der Waals surface area (Å²) in [5, 5.41) is 7.08. The van der Waals surface area contributed by atoms with E-state index < -0.39 is 0 Å².